The number of amides is 1. The molecule has 1 unspecified atom stereocenters. The monoisotopic (exact) mass is 346 g/mol. The van der Waals surface area contributed by atoms with Gasteiger partial charge in [0.05, 0.1) is 18.5 Å². The topological polar surface area (TPSA) is 51.2 Å². The Bertz CT molecular complexity index is 947. The molecule has 1 heterocycles. The molecule has 0 spiro atoms. The molecule has 4 nitrogen and oxygen atoms in total. The molecule has 0 fully saturated rings. The molecular weight excluding hydrogens is 324 g/mol. The number of aryl methyl sites for hydroxylation is 1. The molecule has 1 N–H and O–H groups in total. The molecule has 0 radical (unpaired) electrons. The van der Waals surface area contributed by atoms with Crippen LogP contribution in [-0.4, -0.2) is 24.5 Å². The van der Waals surface area contributed by atoms with Crippen LogP contribution in [0.4, 0.5) is 0 Å². The normalized spacial score (nSPS) is 15.7. The summed E-state index contributed by atoms with van der Waals surface area (Å²) >= 11 is 0. The first-order chi connectivity index (χ1) is 12.8. The molecule has 0 aliphatic heterocycles. The van der Waals surface area contributed by atoms with E-state index in [2.05, 4.69) is 34.6 Å². The summed E-state index contributed by atoms with van der Waals surface area (Å²) in [5, 5.41) is 4.24. The molecule has 0 bridgehead atoms. The Kier molecular flexibility index (Phi) is 4.57. The zero-order chi connectivity index (χ0) is 17.9. The van der Waals surface area contributed by atoms with Crippen molar-refractivity contribution in [1.82, 2.24) is 10.3 Å². The Morgan fingerprint density at radius 1 is 1.23 bits per heavy atom. The lowest BCUT2D eigenvalue weighted by atomic mass is 10.00. The molecule has 1 aromatic heterocycles. The molecule has 3 aromatic rings. The van der Waals surface area contributed by atoms with Gasteiger partial charge in [0.15, 0.2) is 0 Å². The number of benzene rings is 2. The van der Waals surface area contributed by atoms with Crippen LogP contribution in [0.2, 0.25) is 0 Å². The van der Waals surface area contributed by atoms with Gasteiger partial charge in [0.2, 0.25) is 5.91 Å². The molecule has 1 atom stereocenters. The van der Waals surface area contributed by atoms with Crippen molar-refractivity contribution in [3.63, 3.8) is 0 Å². The lowest BCUT2D eigenvalue weighted by molar-refractivity contribution is -0.122. The van der Waals surface area contributed by atoms with Crippen molar-refractivity contribution in [1.29, 1.82) is 0 Å². The number of ether oxygens (including phenoxy) is 1. The maximum absolute atomic E-state index is 12.7. The number of methoxy groups -OCH3 is 1. The molecule has 26 heavy (non-hydrogen) atoms. The van der Waals surface area contributed by atoms with Crippen LogP contribution in [0.25, 0.3) is 10.9 Å². The van der Waals surface area contributed by atoms with E-state index in [1.54, 1.807) is 7.11 Å². The lowest BCUT2D eigenvalue weighted by Crippen LogP contribution is -2.30. The summed E-state index contributed by atoms with van der Waals surface area (Å²) in [7, 11) is 1.66. The fourth-order valence-corrected chi connectivity index (χ4v) is 3.79. The van der Waals surface area contributed by atoms with Crippen LogP contribution >= 0.6 is 0 Å². The van der Waals surface area contributed by atoms with Crippen LogP contribution in [0.5, 0.6) is 5.75 Å². The van der Waals surface area contributed by atoms with E-state index in [9.17, 15) is 4.79 Å². The first-order valence-electron chi connectivity index (χ1n) is 9.03. The van der Waals surface area contributed by atoms with E-state index < -0.39 is 0 Å². The van der Waals surface area contributed by atoms with Gasteiger partial charge in [-0.05, 0) is 54.2 Å². The van der Waals surface area contributed by atoms with Gasteiger partial charge in [-0.2, -0.15) is 0 Å². The molecule has 4 rings (SSSR count). The highest BCUT2D eigenvalue weighted by Crippen LogP contribution is 2.35. The second kappa shape index (κ2) is 7.16. The van der Waals surface area contributed by atoms with E-state index in [4.69, 9.17) is 4.74 Å². The van der Waals surface area contributed by atoms with Gasteiger partial charge < -0.3 is 10.1 Å². The molecule has 0 saturated carbocycles. The van der Waals surface area contributed by atoms with Crippen molar-refractivity contribution < 1.29 is 9.53 Å². The number of hydrogen-bond acceptors (Lipinski definition) is 3. The van der Waals surface area contributed by atoms with Gasteiger partial charge in [0.1, 0.15) is 5.75 Å². The third-order valence-corrected chi connectivity index (χ3v) is 5.16. The fourth-order valence-electron chi connectivity index (χ4n) is 3.79. The van der Waals surface area contributed by atoms with Crippen LogP contribution in [-0.2, 0) is 17.6 Å². The summed E-state index contributed by atoms with van der Waals surface area (Å²) in [6.45, 7) is 0.615. The van der Waals surface area contributed by atoms with E-state index in [0.29, 0.717) is 6.54 Å². The highest BCUT2D eigenvalue weighted by atomic mass is 16.5. The molecule has 1 amide bonds. The Balaban J connectivity index is 1.42. The number of fused-ring (bicyclic) bond motifs is 2. The standard InChI is InChI=1S/C22H22N2O2/c1-26-18-9-7-15-8-10-19(20(15)14-18)22(25)24-13-11-17-5-2-4-16-6-3-12-23-21(16)17/h2-7,9,12,14,19H,8,10-11,13H2,1H3,(H,24,25). The Labute approximate surface area is 153 Å². The zero-order valence-corrected chi connectivity index (χ0v) is 14.9. The number of nitrogens with zero attached hydrogens (tertiary/aromatic N) is 1. The van der Waals surface area contributed by atoms with Crippen LogP contribution in [0.3, 0.4) is 0 Å². The number of pyridine rings is 1. The number of carbonyl (C=O) groups is 1. The third-order valence-electron chi connectivity index (χ3n) is 5.16. The SMILES string of the molecule is COc1ccc2c(c1)C(C(=O)NCCc1cccc3cccnc13)CC2. The number of aromatic nitrogens is 1. The molecule has 4 heteroatoms. The third kappa shape index (κ3) is 3.15. The van der Waals surface area contributed by atoms with Crippen LogP contribution in [0, 0.1) is 0 Å². The number of para-hydroxylation sites is 1. The van der Waals surface area contributed by atoms with E-state index in [1.807, 2.05) is 30.5 Å². The summed E-state index contributed by atoms with van der Waals surface area (Å²) in [5.74, 6) is 0.834. The Morgan fingerprint density at radius 3 is 3.00 bits per heavy atom. The average molecular weight is 346 g/mol. The van der Waals surface area contributed by atoms with Crippen molar-refractivity contribution in [2.75, 3.05) is 13.7 Å². The predicted molar refractivity (Wildman–Crippen MR) is 103 cm³/mol. The highest BCUT2D eigenvalue weighted by Gasteiger charge is 2.28. The zero-order valence-electron chi connectivity index (χ0n) is 14.9. The molecule has 1 aliphatic carbocycles. The van der Waals surface area contributed by atoms with Crippen LogP contribution in [0.15, 0.2) is 54.7 Å². The minimum atomic E-state index is -0.0780. The molecular formula is C22H22N2O2. The van der Waals surface area contributed by atoms with Gasteiger partial charge in [-0.3, -0.25) is 9.78 Å². The average Bonchev–Trinajstić information content (AvgIpc) is 3.11. The summed E-state index contributed by atoms with van der Waals surface area (Å²) in [5.41, 5.74) is 4.54. The van der Waals surface area contributed by atoms with E-state index in [-0.39, 0.29) is 11.8 Å². The van der Waals surface area contributed by atoms with Gasteiger partial charge in [0.25, 0.3) is 0 Å². The quantitative estimate of drug-likeness (QED) is 0.767. The number of carbonyl (C=O) groups excluding carboxylic acids is 1. The Hall–Kier alpha value is -2.88. The summed E-state index contributed by atoms with van der Waals surface area (Å²) in [4.78, 5) is 17.2. The second-order valence-electron chi connectivity index (χ2n) is 6.69. The summed E-state index contributed by atoms with van der Waals surface area (Å²) in [6, 6.07) is 16.2. The number of rotatable bonds is 5. The van der Waals surface area contributed by atoms with Crippen molar-refractivity contribution in [2.45, 2.75) is 25.2 Å². The first-order valence-corrected chi connectivity index (χ1v) is 9.03. The van der Waals surface area contributed by atoms with E-state index in [0.717, 1.165) is 47.0 Å². The maximum Gasteiger partial charge on any atom is 0.227 e. The largest absolute Gasteiger partial charge is 0.497 e. The van der Waals surface area contributed by atoms with E-state index in [1.165, 1.54) is 5.56 Å². The summed E-state index contributed by atoms with van der Waals surface area (Å²) in [6.07, 6.45) is 4.40. The first kappa shape index (κ1) is 16.6. The van der Waals surface area contributed by atoms with Crippen molar-refractivity contribution in [2.24, 2.45) is 0 Å². The van der Waals surface area contributed by atoms with Crippen molar-refractivity contribution in [3.8, 4) is 5.75 Å². The minimum Gasteiger partial charge on any atom is -0.497 e. The molecule has 1 aliphatic rings. The smallest absolute Gasteiger partial charge is 0.227 e. The van der Waals surface area contributed by atoms with Crippen LogP contribution < -0.4 is 10.1 Å². The minimum absolute atomic E-state index is 0.0780. The van der Waals surface area contributed by atoms with Crippen LogP contribution in [0.1, 0.15) is 29.0 Å². The fraction of sp³-hybridized carbons (Fsp3) is 0.273. The molecule has 0 saturated heterocycles. The summed E-state index contributed by atoms with van der Waals surface area (Å²) < 4.78 is 5.31. The molecule has 2 aromatic carbocycles. The van der Waals surface area contributed by atoms with Gasteiger partial charge in [-0.1, -0.05) is 30.3 Å². The van der Waals surface area contributed by atoms with Gasteiger partial charge in [-0.15, -0.1) is 0 Å². The number of hydrogen-bond donors (Lipinski definition) is 1. The second-order valence-corrected chi connectivity index (χ2v) is 6.69. The van der Waals surface area contributed by atoms with Gasteiger partial charge in [-0.25, -0.2) is 0 Å². The maximum atomic E-state index is 12.7. The predicted octanol–water partition coefficient (Wildman–Crippen LogP) is 3.63. The van der Waals surface area contributed by atoms with Gasteiger partial charge >= 0.3 is 0 Å². The van der Waals surface area contributed by atoms with E-state index >= 15 is 0 Å². The van der Waals surface area contributed by atoms with Crippen molar-refractivity contribution >= 4 is 16.8 Å². The van der Waals surface area contributed by atoms with Gasteiger partial charge in [0, 0.05) is 18.1 Å². The lowest BCUT2D eigenvalue weighted by Gasteiger charge is -2.13. The molecule has 132 valence electrons. The van der Waals surface area contributed by atoms with Crippen molar-refractivity contribution in [3.05, 3.63) is 71.4 Å². The Morgan fingerprint density at radius 2 is 2.12 bits per heavy atom. The highest BCUT2D eigenvalue weighted by molar-refractivity contribution is 5.85. The number of nitrogens with one attached hydrogen (secondary N) is 1.